The molecule has 4 rings (SSSR count). The molecule has 12 heteroatoms. The third-order valence-corrected chi connectivity index (χ3v) is 6.74. The Hall–Kier alpha value is -2.96. The van der Waals surface area contributed by atoms with Gasteiger partial charge in [-0.25, -0.2) is 18.4 Å². The molecule has 1 aliphatic rings. The number of hydrogen-bond donors (Lipinski definition) is 1. The molecule has 1 saturated heterocycles. The van der Waals surface area contributed by atoms with Crippen LogP contribution in [0.2, 0.25) is 0 Å². The van der Waals surface area contributed by atoms with E-state index in [2.05, 4.69) is 24.7 Å². The van der Waals surface area contributed by atoms with Crippen molar-refractivity contribution in [2.45, 2.75) is 18.7 Å². The topological polar surface area (TPSA) is 129 Å². The van der Waals surface area contributed by atoms with Gasteiger partial charge in [0.05, 0.1) is 25.8 Å². The minimum Gasteiger partial charge on any atom is -0.493 e. The molecular formula is C20H25N5O6S. The maximum Gasteiger partial charge on any atom is 0.268 e. The second kappa shape index (κ2) is 9.27. The summed E-state index contributed by atoms with van der Waals surface area (Å²) in [6, 6.07) is 3.37. The molecule has 0 radical (unpaired) electrons. The van der Waals surface area contributed by atoms with E-state index in [0.29, 0.717) is 29.0 Å². The Morgan fingerprint density at radius 2 is 1.94 bits per heavy atom. The summed E-state index contributed by atoms with van der Waals surface area (Å²) >= 11 is 0. The SMILES string of the molecule is COc1cc2c(NS(=O)(=O)c3c(C)noc3C)ncnc2cc1OCCN1CCOCC1. The summed E-state index contributed by atoms with van der Waals surface area (Å²) in [5.41, 5.74) is 0.778. The van der Waals surface area contributed by atoms with Crippen molar-refractivity contribution in [3.8, 4) is 11.5 Å². The zero-order valence-corrected chi connectivity index (χ0v) is 18.9. The van der Waals surface area contributed by atoms with Crippen LogP contribution in [0.3, 0.4) is 0 Å². The summed E-state index contributed by atoms with van der Waals surface area (Å²) in [6.45, 7) is 7.53. The number of ether oxygens (including phenoxy) is 3. The predicted octanol–water partition coefficient (Wildman–Crippen LogP) is 1.76. The molecule has 3 heterocycles. The predicted molar refractivity (Wildman–Crippen MR) is 116 cm³/mol. The molecule has 0 spiro atoms. The fraction of sp³-hybridized carbons (Fsp3) is 0.450. The van der Waals surface area contributed by atoms with Gasteiger partial charge in [-0.3, -0.25) is 9.62 Å². The number of morpholine rings is 1. The lowest BCUT2D eigenvalue weighted by atomic mass is 10.2. The average Bonchev–Trinajstić information content (AvgIpc) is 3.13. The van der Waals surface area contributed by atoms with E-state index >= 15 is 0 Å². The van der Waals surface area contributed by atoms with Gasteiger partial charge in [0.1, 0.15) is 18.6 Å². The zero-order valence-electron chi connectivity index (χ0n) is 18.1. The molecule has 172 valence electrons. The fourth-order valence-corrected chi connectivity index (χ4v) is 4.92. The molecule has 0 atom stereocenters. The van der Waals surface area contributed by atoms with Crippen molar-refractivity contribution in [2.75, 3.05) is 51.3 Å². The van der Waals surface area contributed by atoms with Crippen molar-refractivity contribution in [3.05, 3.63) is 29.9 Å². The van der Waals surface area contributed by atoms with Gasteiger partial charge in [0.25, 0.3) is 10.0 Å². The Labute approximate surface area is 185 Å². The smallest absolute Gasteiger partial charge is 0.268 e. The third-order valence-electron chi connectivity index (χ3n) is 5.16. The number of aromatic nitrogens is 3. The molecule has 2 aromatic heterocycles. The van der Waals surface area contributed by atoms with Gasteiger partial charge in [-0.05, 0) is 19.9 Å². The quantitative estimate of drug-likeness (QED) is 0.527. The number of methoxy groups -OCH3 is 1. The Morgan fingerprint density at radius 1 is 1.16 bits per heavy atom. The number of fused-ring (bicyclic) bond motifs is 1. The van der Waals surface area contributed by atoms with Crippen molar-refractivity contribution >= 4 is 26.7 Å². The minimum atomic E-state index is -3.96. The summed E-state index contributed by atoms with van der Waals surface area (Å²) < 4.78 is 50.1. The highest BCUT2D eigenvalue weighted by molar-refractivity contribution is 7.92. The van der Waals surface area contributed by atoms with E-state index in [9.17, 15) is 8.42 Å². The van der Waals surface area contributed by atoms with E-state index in [-0.39, 0.29) is 22.2 Å². The first-order valence-corrected chi connectivity index (χ1v) is 11.6. The van der Waals surface area contributed by atoms with Crippen molar-refractivity contribution < 1.29 is 27.2 Å². The van der Waals surface area contributed by atoms with Crippen LogP contribution in [-0.4, -0.2) is 75.0 Å². The Bertz CT molecular complexity index is 1190. The molecule has 0 saturated carbocycles. The molecule has 32 heavy (non-hydrogen) atoms. The van der Waals surface area contributed by atoms with Gasteiger partial charge in [-0.2, -0.15) is 0 Å². The van der Waals surface area contributed by atoms with Gasteiger partial charge in [0.15, 0.2) is 28.0 Å². The van der Waals surface area contributed by atoms with E-state index in [1.165, 1.54) is 20.4 Å². The maximum absolute atomic E-state index is 12.9. The van der Waals surface area contributed by atoms with Gasteiger partial charge < -0.3 is 18.7 Å². The second-order valence-corrected chi connectivity index (χ2v) is 8.92. The zero-order chi connectivity index (χ0) is 22.7. The summed E-state index contributed by atoms with van der Waals surface area (Å²) in [6.07, 6.45) is 1.29. The molecule has 11 nitrogen and oxygen atoms in total. The third kappa shape index (κ3) is 4.61. The van der Waals surface area contributed by atoms with Crippen molar-refractivity contribution in [1.82, 2.24) is 20.0 Å². The lowest BCUT2D eigenvalue weighted by Gasteiger charge is -2.26. The Kier molecular flexibility index (Phi) is 6.44. The van der Waals surface area contributed by atoms with Gasteiger partial charge in [0.2, 0.25) is 0 Å². The molecule has 1 fully saturated rings. The van der Waals surface area contributed by atoms with Gasteiger partial charge in [0, 0.05) is 31.1 Å². The molecular weight excluding hydrogens is 438 g/mol. The van der Waals surface area contributed by atoms with Crippen LogP contribution >= 0.6 is 0 Å². The number of nitrogens with zero attached hydrogens (tertiary/aromatic N) is 4. The molecule has 3 aromatic rings. The highest BCUT2D eigenvalue weighted by atomic mass is 32.2. The van der Waals surface area contributed by atoms with Crippen LogP contribution in [0.5, 0.6) is 11.5 Å². The van der Waals surface area contributed by atoms with Crippen LogP contribution in [0.4, 0.5) is 5.82 Å². The molecule has 1 aromatic carbocycles. The van der Waals surface area contributed by atoms with Gasteiger partial charge in [-0.15, -0.1) is 0 Å². The summed E-state index contributed by atoms with van der Waals surface area (Å²) in [5, 5.41) is 4.19. The molecule has 0 amide bonds. The highest BCUT2D eigenvalue weighted by Crippen LogP contribution is 2.34. The Balaban J connectivity index is 1.59. The van der Waals surface area contributed by atoms with Crippen LogP contribution in [0, 0.1) is 13.8 Å². The van der Waals surface area contributed by atoms with E-state index in [0.717, 1.165) is 32.8 Å². The summed E-state index contributed by atoms with van der Waals surface area (Å²) in [7, 11) is -2.44. The van der Waals surface area contributed by atoms with E-state index in [1.807, 2.05) is 0 Å². The second-order valence-electron chi connectivity index (χ2n) is 7.30. The standard InChI is InChI=1S/C20H25N5O6S/c1-13-19(14(2)31-23-13)32(26,27)24-20-15-10-17(28-3)18(11-16(15)21-12-22-20)30-9-6-25-4-7-29-8-5-25/h10-12H,4-9H2,1-3H3,(H,21,22,24). The fourth-order valence-electron chi connectivity index (χ4n) is 3.56. The molecule has 1 N–H and O–H groups in total. The van der Waals surface area contributed by atoms with Crippen molar-refractivity contribution in [1.29, 1.82) is 0 Å². The number of sulfonamides is 1. The number of rotatable bonds is 8. The van der Waals surface area contributed by atoms with Gasteiger partial charge >= 0.3 is 0 Å². The highest BCUT2D eigenvalue weighted by Gasteiger charge is 2.26. The summed E-state index contributed by atoms with van der Waals surface area (Å²) in [4.78, 5) is 10.6. The maximum atomic E-state index is 12.9. The number of anilines is 1. The van der Waals surface area contributed by atoms with Crippen LogP contribution in [-0.2, 0) is 14.8 Å². The first-order valence-electron chi connectivity index (χ1n) is 10.1. The summed E-state index contributed by atoms with van der Waals surface area (Å²) in [5.74, 6) is 1.29. The minimum absolute atomic E-state index is 0.0145. The molecule has 0 aliphatic carbocycles. The largest absolute Gasteiger partial charge is 0.493 e. The average molecular weight is 464 g/mol. The van der Waals surface area contributed by atoms with Crippen LogP contribution in [0.25, 0.3) is 10.9 Å². The first-order chi connectivity index (χ1) is 15.4. The van der Waals surface area contributed by atoms with Crippen molar-refractivity contribution in [2.24, 2.45) is 0 Å². The van der Waals surface area contributed by atoms with Crippen LogP contribution < -0.4 is 14.2 Å². The lowest BCUT2D eigenvalue weighted by molar-refractivity contribution is 0.0321. The van der Waals surface area contributed by atoms with E-state index in [1.54, 1.807) is 19.1 Å². The molecule has 0 bridgehead atoms. The van der Waals surface area contributed by atoms with Crippen LogP contribution in [0.15, 0.2) is 27.9 Å². The number of nitrogens with one attached hydrogen (secondary N) is 1. The molecule has 1 aliphatic heterocycles. The Morgan fingerprint density at radius 3 is 2.62 bits per heavy atom. The van der Waals surface area contributed by atoms with Crippen molar-refractivity contribution in [3.63, 3.8) is 0 Å². The van der Waals surface area contributed by atoms with Gasteiger partial charge in [-0.1, -0.05) is 5.16 Å². The number of hydrogen-bond acceptors (Lipinski definition) is 10. The lowest BCUT2D eigenvalue weighted by Crippen LogP contribution is -2.38. The van der Waals surface area contributed by atoms with E-state index < -0.39 is 10.0 Å². The van der Waals surface area contributed by atoms with Crippen LogP contribution in [0.1, 0.15) is 11.5 Å². The normalized spacial score (nSPS) is 15.1. The first kappa shape index (κ1) is 22.2. The molecule has 0 unspecified atom stereocenters. The van der Waals surface area contributed by atoms with E-state index in [4.69, 9.17) is 18.7 Å². The monoisotopic (exact) mass is 463 g/mol. The number of aryl methyl sites for hydroxylation is 2. The number of benzene rings is 1.